The lowest BCUT2D eigenvalue weighted by molar-refractivity contribution is -0.140. The summed E-state index contributed by atoms with van der Waals surface area (Å²) in [6.07, 6.45) is 0.656. The number of piperidine rings is 1. The molecule has 0 radical (unpaired) electrons. The van der Waals surface area contributed by atoms with Gasteiger partial charge in [0.05, 0.1) is 5.69 Å². The first-order chi connectivity index (χ1) is 16.9. The zero-order chi connectivity index (χ0) is 24.3. The van der Waals surface area contributed by atoms with Crippen molar-refractivity contribution in [3.05, 3.63) is 77.4 Å². The van der Waals surface area contributed by atoms with Gasteiger partial charge in [0.2, 0.25) is 0 Å². The number of carbonyl (C=O) groups is 1. The van der Waals surface area contributed by atoms with Gasteiger partial charge in [-0.1, -0.05) is 61.5 Å². The molecule has 0 bridgehead atoms. The summed E-state index contributed by atoms with van der Waals surface area (Å²) in [5.74, 6) is 0.104. The van der Waals surface area contributed by atoms with Crippen LogP contribution in [-0.4, -0.2) is 53.4 Å². The van der Waals surface area contributed by atoms with E-state index in [-0.39, 0.29) is 18.4 Å². The zero-order valence-electron chi connectivity index (χ0n) is 20.3. The Balaban J connectivity index is 1.24. The fourth-order valence-electron chi connectivity index (χ4n) is 6.80. The summed E-state index contributed by atoms with van der Waals surface area (Å²) in [7, 11) is 1.62. The third-order valence-corrected chi connectivity index (χ3v) is 8.51. The molecule has 2 heterocycles. The minimum Gasteiger partial charge on any atom is -0.378 e. The fraction of sp³-hybridized carbons (Fsp3) is 0.414. The molecule has 6 heteroatoms. The zero-order valence-corrected chi connectivity index (χ0v) is 20.3. The summed E-state index contributed by atoms with van der Waals surface area (Å²) in [6, 6.07) is 21.1. The quantitative estimate of drug-likeness (QED) is 0.496. The molecule has 1 saturated heterocycles. The van der Waals surface area contributed by atoms with Crippen LogP contribution in [0.5, 0.6) is 0 Å². The number of rotatable bonds is 5. The molecule has 182 valence electrons. The molecule has 6 nitrogen and oxygen atoms in total. The Bertz CT molecular complexity index is 1280. The maximum absolute atomic E-state index is 13.6. The molecular weight excluding hydrogens is 438 g/mol. The molecule has 4 atom stereocenters. The van der Waals surface area contributed by atoms with E-state index in [1.54, 1.807) is 7.05 Å². The maximum Gasteiger partial charge on any atom is 0.264 e. The molecule has 3 aromatic carbocycles. The number of anilines is 1. The number of hydrogen-bond donors (Lipinski definition) is 3. The van der Waals surface area contributed by atoms with Crippen LogP contribution in [0, 0.1) is 0 Å². The molecule has 0 saturated carbocycles. The van der Waals surface area contributed by atoms with Gasteiger partial charge in [0, 0.05) is 43.1 Å². The Kier molecular flexibility index (Phi) is 5.45. The van der Waals surface area contributed by atoms with Gasteiger partial charge in [-0.15, -0.1) is 0 Å². The van der Waals surface area contributed by atoms with E-state index in [9.17, 15) is 15.0 Å². The number of carbonyl (C=O) groups excluding carboxylic acids is 1. The monoisotopic (exact) mass is 471 g/mol. The van der Waals surface area contributed by atoms with Crippen LogP contribution in [0.3, 0.4) is 0 Å². The van der Waals surface area contributed by atoms with Crippen LogP contribution in [0.1, 0.15) is 54.8 Å². The van der Waals surface area contributed by atoms with Crippen molar-refractivity contribution < 1.29 is 15.0 Å². The number of amides is 1. The van der Waals surface area contributed by atoms with Gasteiger partial charge in [-0.3, -0.25) is 15.0 Å². The predicted octanol–water partition coefficient (Wildman–Crippen LogP) is 3.62. The third-order valence-electron chi connectivity index (χ3n) is 8.51. The minimum absolute atomic E-state index is 0.0236. The summed E-state index contributed by atoms with van der Waals surface area (Å²) in [4.78, 5) is 18.0. The van der Waals surface area contributed by atoms with E-state index in [4.69, 9.17) is 0 Å². The van der Waals surface area contributed by atoms with Gasteiger partial charge in [0.1, 0.15) is 6.23 Å². The van der Waals surface area contributed by atoms with E-state index in [2.05, 4.69) is 53.5 Å². The first-order valence-corrected chi connectivity index (χ1v) is 12.7. The molecule has 6 rings (SSSR count). The highest BCUT2D eigenvalue weighted by Gasteiger charge is 2.52. The number of nitrogens with zero attached hydrogens (tertiary/aromatic N) is 2. The van der Waals surface area contributed by atoms with Crippen molar-refractivity contribution in [2.24, 2.45) is 0 Å². The molecule has 3 aliphatic rings. The topological polar surface area (TPSA) is 76.0 Å². The first-order valence-electron chi connectivity index (χ1n) is 12.7. The van der Waals surface area contributed by atoms with E-state index >= 15 is 0 Å². The van der Waals surface area contributed by atoms with Crippen molar-refractivity contribution in [3.63, 3.8) is 0 Å². The van der Waals surface area contributed by atoms with Gasteiger partial charge < -0.3 is 15.1 Å². The summed E-state index contributed by atoms with van der Waals surface area (Å²) in [6.45, 7) is 4.13. The Morgan fingerprint density at radius 3 is 2.43 bits per heavy atom. The third kappa shape index (κ3) is 3.35. The second kappa shape index (κ2) is 8.42. The molecular formula is C29H33N3O3. The highest BCUT2D eigenvalue weighted by molar-refractivity contribution is 6.07. The van der Waals surface area contributed by atoms with Gasteiger partial charge in [0.15, 0.2) is 5.60 Å². The van der Waals surface area contributed by atoms with Gasteiger partial charge in [0.25, 0.3) is 5.91 Å². The molecule has 2 aliphatic heterocycles. The number of aliphatic hydroxyl groups excluding tert-OH is 1. The number of aliphatic hydroxyl groups is 2. The molecule has 3 N–H and O–H groups in total. The van der Waals surface area contributed by atoms with Crippen LogP contribution < -0.4 is 10.2 Å². The Morgan fingerprint density at radius 1 is 1.03 bits per heavy atom. The Hall–Kier alpha value is -2.77. The standard InChI is InChI=1S/C29H33N3O3/c1-18-21-9-5-7-19-8-6-10-22(26(19)21)27(18)31-15-13-20(14-16-31)32-24-12-4-3-11-23(24)29(35,28(32)34)17-25(33)30-2/h3-12,18,20,25,27,30,33,35H,13-17H2,1-2H3. The van der Waals surface area contributed by atoms with Gasteiger partial charge in [-0.05, 0) is 47.9 Å². The normalized spacial score (nSPS) is 27.5. The maximum atomic E-state index is 13.6. The molecule has 3 aromatic rings. The number of para-hydroxylation sites is 1. The van der Waals surface area contributed by atoms with E-state index in [0.717, 1.165) is 31.6 Å². The summed E-state index contributed by atoms with van der Waals surface area (Å²) in [5, 5.41) is 27.1. The molecule has 0 spiro atoms. The van der Waals surface area contributed by atoms with Crippen LogP contribution in [0.2, 0.25) is 0 Å². The predicted molar refractivity (Wildman–Crippen MR) is 137 cm³/mol. The molecule has 4 unspecified atom stereocenters. The first kappa shape index (κ1) is 22.7. The van der Waals surface area contributed by atoms with Crippen molar-refractivity contribution in [2.45, 2.75) is 56.0 Å². The lowest BCUT2D eigenvalue weighted by Gasteiger charge is -2.41. The molecule has 0 aromatic heterocycles. The van der Waals surface area contributed by atoms with Crippen LogP contribution in [0.4, 0.5) is 5.69 Å². The van der Waals surface area contributed by atoms with Crippen LogP contribution in [0.25, 0.3) is 10.8 Å². The lowest BCUT2D eigenvalue weighted by atomic mass is 9.91. The molecule has 1 amide bonds. The van der Waals surface area contributed by atoms with Crippen molar-refractivity contribution >= 4 is 22.4 Å². The number of likely N-dealkylation sites (tertiary alicyclic amines) is 1. The molecule has 35 heavy (non-hydrogen) atoms. The van der Waals surface area contributed by atoms with Gasteiger partial charge in [-0.2, -0.15) is 0 Å². The smallest absolute Gasteiger partial charge is 0.264 e. The van der Waals surface area contributed by atoms with Crippen LogP contribution >= 0.6 is 0 Å². The van der Waals surface area contributed by atoms with Gasteiger partial charge in [-0.25, -0.2) is 0 Å². The number of hydrogen-bond acceptors (Lipinski definition) is 5. The Morgan fingerprint density at radius 2 is 1.71 bits per heavy atom. The SMILES string of the molecule is CNC(O)CC1(O)C(=O)N(C2CCN(C3c4cccc5cccc(c45)C3C)CC2)c2ccccc21. The van der Waals surface area contributed by atoms with Crippen molar-refractivity contribution in [3.8, 4) is 0 Å². The molecule has 1 fully saturated rings. The second-order valence-corrected chi connectivity index (χ2v) is 10.4. The van der Waals surface area contributed by atoms with Crippen LogP contribution in [0.15, 0.2) is 60.7 Å². The lowest BCUT2D eigenvalue weighted by Crippen LogP contribution is -2.51. The van der Waals surface area contributed by atoms with E-state index in [0.29, 0.717) is 17.5 Å². The largest absolute Gasteiger partial charge is 0.378 e. The summed E-state index contributed by atoms with van der Waals surface area (Å²) < 4.78 is 0. The fourth-order valence-corrected chi connectivity index (χ4v) is 6.80. The average molecular weight is 472 g/mol. The molecule has 1 aliphatic carbocycles. The summed E-state index contributed by atoms with van der Waals surface area (Å²) >= 11 is 0. The van der Waals surface area contributed by atoms with E-state index in [1.807, 2.05) is 29.2 Å². The number of benzene rings is 3. The second-order valence-electron chi connectivity index (χ2n) is 10.4. The minimum atomic E-state index is -1.71. The van der Waals surface area contributed by atoms with E-state index < -0.39 is 11.8 Å². The van der Waals surface area contributed by atoms with Crippen molar-refractivity contribution in [1.29, 1.82) is 0 Å². The number of nitrogens with one attached hydrogen (secondary N) is 1. The average Bonchev–Trinajstić information content (AvgIpc) is 3.29. The van der Waals surface area contributed by atoms with Crippen molar-refractivity contribution in [1.82, 2.24) is 10.2 Å². The Labute approximate surface area is 206 Å². The van der Waals surface area contributed by atoms with Crippen molar-refractivity contribution in [2.75, 3.05) is 25.0 Å². The van der Waals surface area contributed by atoms with Crippen LogP contribution in [-0.2, 0) is 10.4 Å². The van der Waals surface area contributed by atoms with Gasteiger partial charge >= 0.3 is 0 Å². The highest BCUT2D eigenvalue weighted by atomic mass is 16.3. The summed E-state index contributed by atoms with van der Waals surface area (Å²) in [5.41, 5.74) is 2.50. The van der Waals surface area contributed by atoms with E-state index in [1.165, 1.54) is 21.9 Å². The highest BCUT2D eigenvalue weighted by Crippen LogP contribution is 2.50. The number of fused-ring (bicyclic) bond motifs is 1.